The number of halogens is 1. The number of alkyl halides is 1. The van der Waals surface area contributed by atoms with Gasteiger partial charge in [-0.25, -0.2) is 23.2 Å². The lowest BCUT2D eigenvalue weighted by atomic mass is 9.78. The van der Waals surface area contributed by atoms with E-state index >= 15 is 0 Å². The Balaban J connectivity index is 1.60. The second-order valence-electron chi connectivity index (χ2n) is 11.3. The van der Waals surface area contributed by atoms with Crippen LogP contribution in [0.1, 0.15) is 37.5 Å². The first-order valence-electron chi connectivity index (χ1n) is 14.0. The van der Waals surface area contributed by atoms with Gasteiger partial charge in [-0.15, -0.1) is 0 Å². The molecule has 0 saturated carbocycles. The van der Waals surface area contributed by atoms with Crippen molar-refractivity contribution in [3.05, 3.63) is 114 Å². The van der Waals surface area contributed by atoms with Gasteiger partial charge in [0.25, 0.3) is 0 Å². The van der Waals surface area contributed by atoms with Gasteiger partial charge in [-0.2, -0.15) is 9.46 Å². The topological polar surface area (TPSA) is 112 Å². The molecule has 0 spiro atoms. The van der Waals surface area contributed by atoms with Crippen molar-refractivity contribution in [3.63, 3.8) is 0 Å². The number of hydrogen-bond donors (Lipinski definition) is 1. The molecule has 1 aromatic heterocycles. The number of aromatic nitrogens is 2. The monoisotopic (exact) mass is 605 g/mol. The van der Waals surface area contributed by atoms with E-state index in [0.29, 0.717) is 0 Å². The Labute approximate surface area is 251 Å². The number of amides is 1. The molecule has 9 nitrogen and oxygen atoms in total. The van der Waals surface area contributed by atoms with Gasteiger partial charge in [0, 0.05) is 0 Å². The lowest BCUT2D eigenvalue weighted by Gasteiger charge is -2.35. The van der Waals surface area contributed by atoms with E-state index in [1.165, 1.54) is 15.8 Å². The van der Waals surface area contributed by atoms with Crippen molar-refractivity contribution < 1.29 is 22.9 Å². The van der Waals surface area contributed by atoms with E-state index in [-0.39, 0.29) is 30.5 Å². The second kappa shape index (κ2) is 12.2. The van der Waals surface area contributed by atoms with Gasteiger partial charge >= 0.3 is 6.09 Å². The minimum Gasteiger partial charge on any atom is -0.475 e. The van der Waals surface area contributed by atoms with Gasteiger partial charge in [-0.3, -0.25) is 4.90 Å². The average Bonchev–Trinajstić information content (AvgIpc) is 3.44. The third-order valence-corrected chi connectivity index (χ3v) is 8.57. The number of rotatable bonds is 8. The molecule has 1 aliphatic heterocycles. The fourth-order valence-corrected chi connectivity index (χ4v) is 6.67. The van der Waals surface area contributed by atoms with Crippen LogP contribution in [0.3, 0.4) is 0 Å². The molecule has 0 bridgehead atoms. The molecule has 43 heavy (non-hydrogen) atoms. The van der Waals surface area contributed by atoms with Crippen molar-refractivity contribution >= 4 is 16.0 Å². The van der Waals surface area contributed by atoms with Crippen molar-refractivity contribution in [2.45, 2.75) is 49.4 Å². The number of carbonyl (C=O) groups is 1. The normalized spacial score (nSPS) is 16.3. The third-order valence-electron chi connectivity index (χ3n) is 7.11. The Morgan fingerprint density at radius 1 is 1.02 bits per heavy atom. The highest BCUT2D eigenvalue weighted by atomic mass is 32.2. The molecule has 3 aromatic carbocycles. The van der Waals surface area contributed by atoms with Gasteiger partial charge in [0.05, 0.1) is 25.3 Å². The second-order valence-corrected chi connectivity index (χ2v) is 13.1. The molecule has 2 atom stereocenters. The zero-order valence-corrected chi connectivity index (χ0v) is 25.2. The molecule has 0 saturated heterocycles. The fraction of sp³-hybridized carbons (Fsp3) is 0.312. The fourth-order valence-electron chi connectivity index (χ4n) is 5.23. The Hall–Kier alpha value is -4.22. The standard InChI is InChI=1S/C32H36FN5O4S/c1-31(2,3)42-30(39)37(20-19-33)27-22-38-29(41-23-27)28(21-35-38)43(34,40)36-32(24-13-7-4-8-14-24,25-15-9-5-10-16-25)26-17-11-6-12-18-26/h4-18,21,27H,19-20,22-23H2,1-3H3,(H2,34,36,40)/t27-,43?/m0/s1. The largest absolute Gasteiger partial charge is 0.475 e. The summed E-state index contributed by atoms with van der Waals surface area (Å²) in [7, 11) is -3.65. The predicted molar refractivity (Wildman–Crippen MR) is 163 cm³/mol. The summed E-state index contributed by atoms with van der Waals surface area (Å²) in [5.74, 6) is 0.194. The Morgan fingerprint density at radius 3 is 2.00 bits per heavy atom. The first-order chi connectivity index (χ1) is 20.5. The van der Waals surface area contributed by atoms with Gasteiger partial charge in [0.1, 0.15) is 39.2 Å². The molecule has 0 radical (unpaired) electrons. The smallest absolute Gasteiger partial charge is 0.410 e. The van der Waals surface area contributed by atoms with E-state index in [1.54, 1.807) is 20.8 Å². The maximum absolute atomic E-state index is 14.6. The highest BCUT2D eigenvalue weighted by Gasteiger charge is 2.40. The molecule has 5 rings (SSSR count). The summed E-state index contributed by atoms with van der Waals surface area (Å²) in [6.07, 6.45) is 0.744. The van der Waals surface area contributed by atoms with Crippen molar-refractivity contribution in [1.29, 1.82) is 0 Å². The third kappa shape index (κ3) is 6.28. The molecule has 1 unspecified atom stereocenters. The van der Waals surface area contributed by atoms with Crippen LogP contribution in [0.4, 0.5) is 9.18 Å². The molecule has 0 fully saturated rings. The summed E-state index contributed by atoms with van der Waals surface area (Å²) in [5, 5.41) is 11.1. The lowest BCUT2D eigenvalue weighted by Crippen LogP contribution is -2.50. The van der Waals surface area contributed by atoms with Crippen LogP contribution < -0.4 is 9.88 Å². The van der Waals surface area contributed by atoms with Gasteiger partial charge in [-0.05, 0) is 37.5 Å². The zero-order valence-electron chi connectivity index (χ0n) is 24.4. The van der Waals surface area contributed by atoms with Gasteiger partial charge in [-0.1, -0.05) is 91.0 Å². The molecule has 1 aliphatic rings. The van der Waals surface area contributed by atoms with Crippen LogP contribution in [0.5, 0.6) is 5.88 Å². The molecule has 2 N–H and O–H groups in total. The van der Waals surface area contributed by atoms with Crippen molar-refractivity contribution in [1.82, 2.24) is 14.7 Å². The van der Waals surface area contributed by atoms with E-state index in [1.807, 2.05) is 91.0 Å². The van der Waals surface area contributed by atoms with E-state index in [2.05, 4.69) is 5.10 Å². The van der Waals surface area contributed by atoms with Crippen molar-refractivity contribution in [2.24, 2.45) is 9.50 Å². The molecule has 11 heteroatoms. The molecule has 226 valence electrons. The Morgan fingerprint density at radius 2 is 1.53 bits per heavy atom. The van der Waals surface area contributed by atoms with Crippen LogP contribution >= 0.6 is 0 Å². The van der Waals surface area contributed by atoms with E-state index in [0.717, 1.165) is 16.7 Å². The molecule has 2 heterocycles. The summed E-state index contributed by atoms with van der Waals surface area (Å²) < 4.78 is 46.0. The van der Waals surface area contributed by atoms with Crippen LogP contribution in [0.15, 0.2) is 106 Å². The molecule has 1 amide bonds. The molecular formula is C32H36FN5O4S. The molecular weight excluding hydrogens is 569 g/mol. The highest BCUT2D eigenvalue weighted by Crippen LogP contribution is 2.42. The molecule has 0 aliphatic carbocycles. The number of nitrogens with zero attached hydrogens (tertiary/aromatic N) is 4. The van der Waals surface area contributed by atoms with Gasteiger partial charge in [0.2, 0.25) is 5.88 Å². The summed E-state index contributed by atoms with van der Waals surface area (Å²) in [6, 6.07) is 28.2. The summed E-state index contributed by atoms with van der Waals surface area (Å²) >= 11 is 0. The van der Waals surface area contributed by atoms with E-state index in [4.69, 9.17) is 19.0 Å². The minimum absolute atomic E-state index is 0.00859. The average molecular weight is 606 g/mol. The molecule has 4 aromatic rings. The number of benzene rings is 3. The zero-order chi connectivity index (χ0) is 30.7. The predicted octanol–water partition coefficient (Wildman–Crippen LogP) is 5.54. The van der Waals surface area contributed by atoms with E-state index in [9.17, 15) is 13.4 Å². The summed E-state index contributed by atoms with van der Waals surface area (Å²) in [4.78, 5) is 14.3. The lowest BCUT2D eigenvalue weighted by molar-refractivity contribution is 0.00108. The van der Waals surface area contributed by atoms with Crippen LogP contribution in [0.2, 0.25) is 0 Å². The highest BCUT2D eigenvalue weighted by molar-refractivity contribution is 7.91. The van der Waals surface area contributed by atoms with Crippen LogP contribution in [0.25, 0.3) is 0 Å². The maximum Gasteiger partial charge on any atom is 0.410 e. The van der Waals surface area contributed by atoms with E-state index < -0.39 is 39.9 Å². The maximum atomic E-state index is 14.6. The van der Waals surface area contributed by atoms with Crippen molar-refractivity contribution in [3.8, 4) is 5.88 Å². The quantitative estimate of drug-likeness (QED) is 0.265. The number of carbonyl (C=O) groups excluding carboxylic acids is 1. The number of hydrogen-bond acceptors (Lipinski definition) is 6. The Bertz CT molecular complexity index is 1570. The number of fused-ring (bicyclic) bond motifs is 1. The first kappa shape index (κ1) is 30.2. The van der Waals surface area contributed by atoms with Crippen LogP contribution in [-0.4, -0.2) is 56.5 Å². The summed E-state index contributed by atoms with van der Waals surface area (Å²) in [5.41, 5.74) is 0.377. The van der Waals surface area contributed by atoms with Gasteiger partial charge < -0.3 is 9.47 Å². The summed E-state index contributed by atoms with van der Waals surface area (Å²) in [6.45, 7) is 4.51. The first-order valence-corrected chi connectivity index (χ1v) is 15.6. The van der Waals surface area contributed by atoms with Crippen molar-refractivity contribution in [2.75, 3.05) is 19.8 Å². The number of ether oxygens (including phenoxy) is 2. The minimum atomic E-state index is -3.65. The Kier molecular flexibility index (Phi) is 8.57. The number of nitrogens with two attached hydrogens (primary N) is 1. The van der Waals surface area contributed by atoms with Gasteiger partial charge in [0.15, 0.2) is 0 Å². The SMILES string of the molecule is CC(C)(C)OC(=O)N(CCF)[C@@H]1COc2c(S(N)(=O)=NC(c3ccccc3)(c3ccccc3)c3ccccc3)cnn2C1. The van der Waals surface area contributed by atoms with Crippen LogP contribution in [0, 0.1) is 0 Å². The van der Waals surface area contributed by atoms with Crippen LogP contribution in [-0.2, 0) is 26.7 Å².